The van der Waals surface area contributed by atoms with Crippen LogP contribution in [0.3, 0.4) is 0 Å². The van der Waals surface area contributed by atoms with Crippen molar-refractivity contribution in [2.45, 2.75) is 44.8 Å². The van der Waals surface area contributed by atoms with Crippen LogP contribution < -0.4 is 0 Å². The van der Waals surface area contributed by atoms with Gasteiger partial charge in [0.05, 0.1) is 12.0 Å². The minimum atomic E-state index is -4.21. The molecule has 1 N–H and O–H groups in total. The van der Waals surface area contributed by atoms with Crippen molar-refractivity contribution in [3.8, 4) is 0 Å². The molecule has 1 aromatic rings. The van der Waals surface area contributed by atoms with Crippen LogP contribution >= 0.6 is 0 Å². The molecule has 0 aliphatic carbocycles. The Morgan fingerprint density at radius 3 is 2.53 bits per heavy atom. The van der Waals surface area contributed by atoms with Crippen molar-refractivity contribution in [3.05, 3.63) is 11.7 Å². The van der Waals surface area contributed by atoms with E-state index in [1.165, 1.54) is 6.92 Å². The van der Waals surface area contributed by atoms with Gasteiger partial charge in [-0.25, -0.2) is 8.78 Å². The lowest BCUT2D eigenvalue weighted by atomic mass is 10.1. The van der Waals surface area contributed by atoms with Crippen molar-refractivity contribution in [1.29, 1.82) is 0 Å². The molecule has 9 heteroatoms. The van der Waals surface area contributed by atoms with Gasteiger partial charge in [-0.05, 0) is 6.92 Å². The highest BCUT2D eigenvalue weighted by atomic mass is 19.3. The van der Waals surface area contributed by atoms with Crippen molar-refractivity contribution >= 4 is 0 Å². The number of hydrogen-bond donors (Lipinski definition) is 1. The molecule has 0 saturated heterocycles. The van der Waals surface area contributed by atoms with Crippen LogP contribution in [0.4, 0.5) is 17.6 Å². The van der Waals surface area contributed by atoms with Gasteiger partial charge >= 0.3 is 12.3 Å². The van der Waals surface area contributed by atoms with Crippen LogP contribution in [0, 0.1) is 0 Å². The van der Waals surface area contributed by atoms with Crippen LogP contribution in [-0.4, -0.2) is 40.3 Å². The predicted molar refractivity (Wildman–Crippen MR) is 55.0 cm³/mol. The number of aliphatic hydroxyl groups excluding tert-OH is 1. The second kappa shape index (κ2) is 6.29. The minimum Gasteiger partial charge on any atom is -0.393 e. The Balaban J connectivity index is 2.47. The molecular formula is C10H14F4N2O3. The standard InChI is InChI=1S/C10H14F4N2O3/c1-5(6(2)17)8-15-7(16-19-8)3-18-4-10(13,14)9(11)12/h5-6,9,17H,3-4H2,1-2H3. The normalized spacial score (nSPS) is 15.8. The summed E-state index contributed by atoms with van der Waals surface area (Å²) in [5.41, 5.74) is 0. The number of ether oxygens (including phenoxy) is 1. The molecule has 0 aromatic carbocycles. The van der Waals surface area contributed by atoms with Crippen LogP contribution in [0.5, 0.6) is 0 Å². The summed E-state index contributed by atoms with van der Waals surface area (Å²) in [6.45, 7) is 1.25. The van der Waals surface area contributed by atoms with E-state index in [4.69, 9.17) is 4.52 Å². The van der Waals surface area contributed by atoms with Crippen molar-refractivity contribution in [1.82, 2.24) is 10.1 Å². The number of alkyl halides is 4. The Hall–Kier alpha value is -1.22. The molecule has 1 heterocycles. The second-order valence-electron chi connectivity index (χ2n) is 4.13. The van der Waals surface area contributed by atoms with E-state index in [1.54, 1.807) is 6.92 Å². The molecule has 19 heavy (non-hydrogen) atoms. The first-order valence-corrected chi connectivity index (χ1v) is 5.48. The Kier molecular flexibility index (Phi) is 5.24. The number of aromatic nitrogens is 2. The first-order valence-electron chi connectivity index (χ1n) is 5.48. The highest BCUT2D eigenvalue weighted by Gasteiger charge is 2.41. The zero-order valence-electron chi connectivity index (χ0n) is 10.3. The molecule has 1 rings (SSSR count). The van der Waals surface area contributed by atoms with Crippen LogP contribution in [0.2, 0.25) is 0 Å². The van der Waals surface area contributed by atoms with E-state index >= 15 is 0 Å². The quantitative estimate of drug-likeness (QED) is 0.776. The lowest BCUT2D eigenvalue weighted by molar-refractivity contribution is -0.168. The maximum atomic E-state index is 12.5. The minimum absolute atomic E-state index is 0.0485. The summed E-state index contributed by atoms with van der Waals surface area (Å²) in [5, 5.41) is 12.7. The summed E-state index contributed by atoms with van der Waals surface area (Å²) >= 11 is 0. The van der Waals surface area contributed by atoms with Gasteiger partial charge in [-0.1, -0.05) is 12.1 Å². The summed E-state index contributed by atoms with van der Waals surface area (Å²) in [6, 6.07) is 0. The van der Waals surface area contributed by atoms with E-state index in [-0.39, 0.29) is 11.7 Å². The van der Waals surface area contributed by atoms with Crippen molar-refractivity contribution < 1.29 is 31.9 Å². The molecule has 2 atom stereocenters. The molecule has 0 bridgehead atoms. The number of rotatable bonds is 7. The molecule has 2 unspecified atom stereocenters. The highest BCUT2D eigenvalue weighted by molar-refractivity contribution is 4.93. The van der Waals surface area contributed by atoms with Crippen LogP contribution in [0.15, 0.2) is 4.52 Å². The van der Waals surface area contributed by atoms with E-state index < -0.39 is 37.6 Å². The molecule has 0 spiro atoms. The summed E-state index contributed by atoms with van der Waals surface area (Å²) < 4.78 is 57.9. The van der Waals surface area contributed by atoms with Gasteiger partial charge in [-0.3, -0.25) is 0 Å². The fourth-order valence-corrected chi connectivity index (χ4v) is 1.06. The molecule has 0 amide bonds. The number of hydrogen-bond acceptors (Lipinski definition) is 5. The topological polar surface area (TPSA) is 68.4 Å². The smallest absolute Gasteiger partial charge is 0.330 e. The average molecular weight is 286 g/mol. The van der Waals surface area contributed by atoms with Gasteiger partial charge in [-0.2, -0.15) is 13.8 Å². The lowest BCUT2D eigenvalue weighted by Crippen LogP contribution is -2.32. The summed E-state index contributed by atoms with van der Waals surface area (Å²) in [5.74, 6) is -4.56. The van der Waals surface area contributed by atoms with Crippen molar-refractivity contribution in [2.24, 2.45) is 0 Å². The number of aliphatic hydroxyl groups is 1. The molecule has 110 valence electrons. The first kappa shape index (κ1) is 15.8. The van der Waals surface area contributed by atoms with Crippen LogP contribution in [0.1, 0.15) is 31.5 Å². The molecule has 0 aliphatic heterocycles. The molecule has 0 saturated carbocycles. The van der Waals surface area contributed by atoms with Gasteiger partial charge in [-0.15, -0.1) is 0 Å². The Morgan fingerprint density at radius 2 is 2.00 bits per heavy atom. The van der Waals surface area contributed by atoms with Gasteiger partial charge in [0.2, 0.25) is 5.89 Å². The third-order valence-electron chi connectivity index (χ3n) is 2.44. The van der Waals surface area contributed by atoms with Crippen LogP contribution in [-0.2, 0) is 11.3 Å². The maximum Gasteiger partial charge on any atom is 0.330 e. The summed E-state index contributed by atoms with van der Waals surface area (Å²) in [6.07, 6.45) is -4.51. The summed E-state index contributed by atoms with van der Waals surface area (Å²) in [7, 11) is 0. The van der Waals surface area contributed by atoms with E-state index in [1.807, 2.05) is 0 Å². The predicted octanol–water partition coefficient (Wildman–Crippen LogP) is 1.97. The maximum absolute atomic E-state index is 12.5. The van der Waals surface area contributed by atoms with Gasteiger partial charge < -0.3 is 14.4 Å². The third kappa shape index (κ3) is 4.43. The zero-order valence-corrected chi connectivity index (χ0v) is 10.3. The Morgan fingerprint density at radius 1 is 1.37 bits per heavy atom. The van der Waals surface area contributed by atoms with Gasteiger partial charge in [0.15, 0.2) is 5.82 Å². The van der Waals surface area contributed by atoms with E-state index in [0.29, 0.717) is 0 Å². The van der Waals surface area contributed by atoms with Crippen molar-refractivity contribution in [2.75, 3.05) is 6.61 Å². The molecule has 0 aliphatic rings. The molecule has 0 radical (unpaired) electrons. The van der Waals surface area contributed by atoms with Crippen LogP contribution in [0.25, 0.3) is 0 Å². The van der Waals surface area contributed by atoms with E-state index in [9.17, 15) is 22.7 Å². The Bertz CT molecular complexity index is 398. The lowest BCUT2D eigenvalue weighted by Gasteiger charge is -2.14. The SMILES string of the molecule is CC(O)C(C)c1nc(COCC(F)(F)C(F)F)no1. The molecule has 0 fully saturated rings. The summed E-state index contributed by atoms with van der Waals surface area (Å²) in [4.78, 5) is 3.80. The van der Waals surface area contributed by atoms with E-state index in [0.717, 1.165) is 0 Å². The first-order chi connectivity index (χ1) is 8.74. The number of halogens is 4. The second-order valence-corrected chi connectivity index (χ2v) is 4.13. The fourth-order valence-electron chi connectivity index (χ4n) is 1.06. The Labute approximate surface area is 106 Å². The van der Waals surface area contributed by atoms with Gasteiger partial charge in [0.25, 0.3) is 0 Å². The third-order valence-corrected chi connectivity index (χ3v) is 2.44. The van der Waals surface area contributed by atoms with Gasteiger partial charge in [0, 0.05) is 0 Å². The van der Waals surface area contributed by atoms with Crippen molar-refractivity contribution in [3.63, 3.8) is 0 Å². The molecule has 1 aromatic heterocycles. The zero-order chi connectivity index (χ0) is 14.6. The highest BCUT2D eigenvalue weighted by Crippen LogP contribution is 2.23. The molecular weight excluding hydrogens is 272 g/mol. The monoisotopic (exact) mass is 286 g/mol. The fraction of sp³-hybridized carbons (Fsp3) is 0.800. The largest absolute Gasteiger partial charge is 0.393 e. The average Bonchev–Trinajstić information content (AvgIpc) is 2.76. The molecule has 5 nitrogen and oxygen atoms in total. The van der Waals surface area contributed by atoms with E-state index in [2.05, 4.69) is 14.9 Å². The number of nitrogens with zero attached hydrogens (tertiary/aromatic N) is 2. The van der Waals surface area contributed by atoms with Gasteiger partial charge in [0.1, 0.15) is 13.2 Å².